The van der Waals surface area contributed by atoms with Crippen LogP contribution in [0.25, 0.3) is 17.0 Å². The molecule has 3 aromatic heterocycles. The Hall–Kier alpha value is -5.84. The Labute approximate surface area is 261 Å². The molecule has 0 bridgehead atoms. The van der Waals surface area contributed by atoms with Crippen molar-refractivity contribution in [1.82, 2.24) is 29.8 Å². The third kappa shape index (κ3) is 6.72. The van der Waals surface area contributed by atoms with Crippen molar-refractivity contribution in [2.45, 2.75) is 38.7 Å². The molecule has 0 aliphatic rings. The maximum atomic E-state index is 6.30. The molecule has 11 heteroatoms. The molecule has 0 saturated carbocycles. The summed E-state index contributed by atoms with van der Waals surface area (Å²) >= 11 is 0. The molecule has 45 heavy (non-hydrogen) atoms. The summed E-state index contributed by atoms with van der Waals surface area (Å²) in [5, 5.41) is 16.0. The number of nitrogens with one attached hydrogen (secondary N) is 1. The lowest BCUT2D eigenvalue weighted by molar-refractivity contribution is 0.218. The fourth-order valence-electron chi connectivity index (χ4n) is 5.20. The van der Waals surface area contributed by atoms with Crippen molar-refractivity contribution in [2.24, 2.45) is 10.7 Å². The summed E-state index contributed by atoms with van der Waals surface area (Å²) in [5.41, 5.74) is 17.6. The van der Waals surface area contributed by atoms with E-state index in [1.54, 1.807) is 16.8 Å². The molecular weight excluding hydrogens is 564 g/mol. The minimum absolute atomic E-state index is 0.170. The molecular formula is C34H34N10O. The number of nitrogen functional groups attached to an aromatic ring is 1. The van der Waals surface area contributed by atoms with Crippen LogP contribution in [0, 0.1) is 0 Å². The Balaban J connectivity index is 1.13. The lowest BCUT2D eigenvalue weighted by Gasteiger charge is -2.27. The van der Waals surface area contributed by atoms with Gasteiger partial charge in [0, 0.05) is 17.4 Å². The van der Waals surface area contributed by atoms with Gasteiger partial charge in [0.15, 0.2) is 11.8 Å². The van der Waals surface area contributed by atoms with Gasteiger partial charge in [-0.1, -0.05) is 74.5 Å². The largest absolute Gasteiger partial charge is 0.484 e. The molecule has 0 spiro atoms. The number of benzene rings is 3. The molecule has 0 aliphatic heterocycles. The van der Waals surface area contributed by atoms with Crippen LogP contribution in [0.15, 0.2) is 108 Å². The molecule has 6 rings (SSSR count). The van der Waals surface area contributed by atoms with E-state index in [2.05, 4.69) is 67.6 Å². The number of guanidine groups is 1. The minimum atomic E-state index is -0.298. The van der Waals surface area contributed by atoms with Gasteiger partial charge < -0.3 is 21.5 Å². The number of aliphatic imine (C=N–C) groups is 1. The fourth-order valence-corrected chi connectivity index (χ4v) is 5.20. The van der Waals surface area contributed by atoms with Gasteiger partial charge in [-0.25, -0.2) is 4.98 Å². The number of hydrogen-bond donors (Lipinski definition) is 3. The van der Waals surface area contributed by atoms with Gasteiger partial charge in [0.25, 0.3) is 5.78 Å². The van der Waals surface area contributed by atoms with E-state index in [1.807, 2.05) is 79.7 Å². The van der Waals surface area contributed by atoms with Gasteiger partial charge in [-0.3, -0.25) is 0 Å². The summed E-state index contributed by atoms with van der Waals surface area (Å²) in [6.07, 6.45) is 2.13. The molecule has 0 aliphatic carbocycles. The summed E-state index contributed by atoms with van der Waals surface area (Å²) in [5.74, 6) is 2.01. The zero-order valence-corrected chi connectivity index (χ0v) is 25.3. The van der Waals surface area contributed by atoms with Crippen LogP contribution in [0.1, 0.15) is 43.7 Å². The molecule has 3 aromatic carbocycles. The van der Waals surface area contributed by atoms with Gasteiger partial charge >= 0.3 is 0 Å². The first kappa shape index (κ1) is 29.2. The lowest BCUT2D eigenvalue weighted by Crippen LogP contribution is -2.25. The van der Waals surface area contributed by atoms with E-state index < -0.39 is 0 Å². The van der Waals surface area contributed by atoms with Crippen LogP contribution < -0.4 is 21.5 Å². The summed E-state index contributed by atoms with van der Waals surface area (Å²) < 4.78 is 7.85. The van der Waals surface area contributed by atoms with Crippen molar-refractivity contribution < 1.29 is 4.74 Å². The molecule has 0 fully saturated rings. The predicted octanol–water partition coefficient (Wildman–Crippen LogP) is 5.88. The van der Waals surface area contributed by atoms with Crippen LogP contribution in [-0.2, 0) is 11.8 Å². The Bertz CT molecular complexity index is 1930. The second kappa shape index (κ2) is 12.4. The quantitative estimate of drug-likeness (QED) is 0.137. The lowest BCUT2D eigenvalue weighted by atomic mass is 9.79. The van der Waals surface area contributed by atoms with Crippen molar-refractivity contribution in [1.29, 1.82) is 0 Å². The summed E-state index contributed by atoms with van der Waals surface area (Å²) in [6.45, 7) is 6.38. The van der Waals surface area contributed by atoms with E-state index in [0.717, 1.165) is 40.4 Å². The molecule has 5 N–H and O–H groups in total. The fraction of sp³-hybridized carbons (Fsp3) is 0.176. The standard InChI is InChI=1S/C34H34N10O/c1-22(29-19-20-37-33-40-32(36)43-44(29)33)45-26-15-13-25(14-16-26)34(2,3)21-24-11-7-8-12-27(24)38-31(35)39-30-18-17-28(41-42-30)23-9-5-4-6-10-23/h4-20,22H,21H2,1-3H3,(H2,36,43)(H3,35,38,39,42). The highest BCUT2D eigenvalue weighted by Crippen LogP contribution is 2.32. The van der Waals surface area contributed by atoms with Crippen LogP contribution in [-0.4, -0.2) is 35.7 Å². The van der Waals surface area contributed by atoms with Crippen LogP contribution >= 0.6 is 0 Å². The predicted molar refractivity (Wildman–Crippen MR) is 176 cm³/mol. The first-order chi connectivity index (χ1) is 21.7. The number of anilines is 2. The third-order valence-corrected chi connectivity index (χ3v) is 7.52. The van der Waals surface area contributed by atoms with Crippen molar-refractivity contribution in [2.75, 3.05) is 11.1 Å². The van der Waals surface area contributed by atoms with E-state index in [-0.39, 0.29) is 23.4 Å². The van der Waals surface area contributed by atoms with Crippen molar-refractivity contribution in [3.05, 3.63) is 120 Å². The van der Waals surface area contributed by atoms with Gasteiger partial charge in [0.05, 0.1) is 11.4 Å². The summed E-state index contributed by atoms with van der Waals surface area (Å²) in [6, 6.07) is 31.7. The maximum absolute atomic E-state index is 6.30. The van der Waals surface area contributed by atoms with Gasteiger partial charge in [-0.15, -0.1) is 15.3 Å². The number of fused-ring (bicyclic) bond motifs is 1. The van der Waals surface area contributed by atoms with E-state index in [0.29, 0.717) is 11.6 Å². The monoisotopic (exact) mass is 598 g/mol. The van der Waals surface area contributed by atoms with Crippen LogP contribution in [0.4, 0.5) is 17.5 Å². The van der Waals surface area contributed by atoms with Crippen LogP contribution in [0.5, 0.6) is 5.75 Å². The van der Waals surface area contributed by atoms with Gasteiger partial charge in [-0.2, -0.15) is 14.5 Å². The Morgan fingerprint density at radius 3 is 2.44 bits per heavy atom. The Morgan fingerprint density at radius 2 is 1.69 bits per heavy atom. The summed E-state index contributed by atoms with van der Waals surface area (Å²) in [4.78, 5) is 12.8. The molecule has 0 amide bonds. The first-order valence-electron chi connectivity index (χ1n) is 14.6. The molecule has 1 unspecified atom stereocenters. The Kier molecular flexibility index (Phi) is 8.06. The van der Waals surface area contributed by atoms with Crippen molar-refractivity contribution in [3.8, 4) is 17.0 Å². The molecule has 11 nitrogen and oxygen atoms in total. The highest BCUT2D eigenvalue weighted by Gasteiger charge is 2.23. The molecule has 6 aromatic rings. The highest BCUT2D eigenvalue weighted by atomic mass is 16.5. The van der Waals surface area contributed by atoms with E-state index in [1.165, 1.54) is 5.56 Å². The van der Waals surface area contributed by atoms with Gasteiger partial charge in [-0.05, 0) is 66.3 Å². The number of nitrogens with zero attached hydrogens (tertiary/aromatic N) is 7. The van der Waals surface area contributed by atoms with Crippen molar-refractivity contribution >= 4 is 29.2 Å². The smallest absolute Gasteiger partial charge is 0.254 e. The van der Waals surface area contributed by atoms with Crippen LogP contribution in [0.2, 0.25) is 0 Å². The topological polar surface area (TPSA) is 155 Å². The second-order valence-electron chi connectivity index (χ2n) is 11.3. The average Bonchev–Trinajstić information content (AvgIpc) is 3.43. The number of aromatic nitrogens is 6. The van der Waals surface area contributed by atoms with Crippen LogP contribution in [0.3, 0.4) is 0 Å². The van der Waals surface area contributed by atoms with Gasteiger partial charge in [0.2, 0.25) is 5.95 Å². The van der Waals surface area contributed by atoms with E-state index in [4.69, 9.17) is 16.2 Å². The molecule has 3 heterocycles. The number of ether oxygens (including phenoxy) is 1. The number of rotatable bonds is 9. The minimum Gasteiger partial charge on any atom is -0.484 e. The molecule has 0 saturated heterocycles. The van der Waals surface area contributed by atoms with E-state index in [9.17, 15) is 0 Å². The molecule has 1 atom stereocenters. The molecule has 226 valence electrons. The molecule has 0 radical (unpaired) electrons. The summed E-state index contributed by atoms with van der Waals surface area (Å²) in [7, 11) is 0. The van der Waals surface area contributed by atoms with Gasteiger partial charge in [0.1, 0.15) is 11.9 Å². The zero-order chi connectivity index (χ0) is 31.4. The maximum Gasteiger partial charge on any atom is 0.254 e. The Morgan fingerprint density at radius 1 is 0.933 bits per heavy atom. The normalized spacial score (nSPS) is 12.6. The number of hydrogen-bond acceptors (Lipinski definition) is 8. The zero-order valence-electron chi connectivity index (χ0n) is 25.3. The SMILES string of the molecule is CC(Oc1ccc(C(C)(C)Cc2ccccc2NC(N)=Nc2ccc(-c3ccccc3)nn2)cc1)c1ccnc2nc(N)nn12. The third-order valence-electron chi connectivity index (χ3n) is 7.52. The average molecular weight is 599 g/mol. The second-order valence-corrected chi connectivity index (χ2v) is 11.3. The number of nitrogens with two attached hydrogens (primary N) is 2. The number of para-hydroxylation sites is 1. The highest BCUT2D eigenvalue weighted by molar-refractivity contribution is 5.94. The van der Waals surface area contributed by atoms with E-state index >= 15 is 0 Å². The van der Waals surface area contributed by atoms with Crippen molar-refractivity contribution in [3.63, 3.8) is 0 Å². The first-order valence-corrected chi connectivity index (χ1v) is 14.6.